The van der Waals surface area contributed by atoms with Gasteiger partial charge in [0.15, 0.2) is 5.78 Å². The molecule has 1 rings (SSSR count). The summed E-state index contributed by atoms with van der Waals surface area (Å²) < 4.78 is 5.35. The highest BCUT2D eigenvalue weighted by molar-refractivity contribution is 5.93. The molecule has 0 N–H and O–H groups in total. The molecule has 78 valence electrons. The molecule has 0 spiro atoms. The van der Waals surface area contributed by atoms with E-state index in [1.54, 1.807) is 14.0 Å². The predicted octanol–water partition coefficient (Wildman–Crippen LogP) is 2.65. The topological polar surface area (TPSA) is 26.3 Å². The molecular weight excluding hydrogens is 176 g/mol. The molecule has 0 fully saturated rings. The van der Waals surface area contributed by atoms with E-state index in [0.717, 1.165) is 24.8 Å². The van der Waals surface area contributed by atoms with Crippen molar-refractivity contribution in [2.75, 3.05) is 7.11 Å². The lowest BCUT2D eigenvalue weighted by molar-refractivity contribution is -0.113. The summed E-state index contributed by atoms with van der Waals surface area (Å²) in [6.07, 6.45) is 7.00. The van der Waals surface area contributed by atoms with Crippen LogP contribution in [0.15, 0.2) is 23.3 Å². The summed E-state index contributed by atoms with van der Waals surface area (Å²) in [6.45, 7) is 3.73. The lowest BCUT2D eigenvalue weighted by Crippen LogP contribution is -2.15. The SMILES string of the molecule is CCC(OC)C1=CC=C(C(C)=O)CC1. The Kier molecular flexibility index (Phi) is 4.08. The highest BCUT2D eigenvalue weighted by Gasteiger charge is 2.15. The third kappa shape index (κ3) is 2.55. The number of carbonyl (C=O) groups is 1. The van der Waals surface area contributed by atoms with Gasteiger partial charge in [-0.2, -0.15) is 0 Å². The van der Waals surface area contributed by atoms with Gasteiger partial charge in [-0.3, -0.25) is 4.79 Å². The average Bonchev–Trinajstić information content (AvgIpc) is 2.20. The maximum Gasteiger partial charge on any atom is 0.155 e. The number of rotatable bonds is 4. The molecule has 0 radical (unpaired) electrons. The molecule has 0 aliphatic heterocycles. The second-order valence-corrected chi connectivity index (χ2v) is 3.62. The van der Waals surface area contributed by atoms with Crippen LogP contribution in [0.25, 0.3) is 0 Å². The number of Topliss-reactive ketones (excluding diaryl/α,β-unsaturated/α-hetero) is 1. The molecule has 0 amide bonds. The fourth-order valence-electron chi connectivity index (χ4n) is 1.80. The van der Waals surface area contributed by atoms with Crippen LogP contribution in [0.3, 0.4) is 0 Å². The Hall–Kier alpha value is -0.890. The van der Waals surface area contributed by atoms with Crippen molar-refractivity contribution in [2.24, 2.45) is 0 Å². The van der Waals surface area contributed by atoms with E-state index in [2.05, 4.69) is 6.92 Å². The van der Waals surface area contributed by atoms with Gasteiger partial charge in [0.1, 0.15) is 0 Å². The minimum absolute atomic E-state index is 0.186. The maximum atomic E-state index is 11.1. The van der Waals surface area contributed by atoms with E-state index in [9.17, 15) is 4.79 Å². The quantitative estimate of drug-likeness (QED) is 0.687. The molecule has 1 aliphatic carbocycles. The van der Waals surface area contributed by atoms with Gasteiger partial charge in [-0.15, -0.1) is 0 Å². The van der Waals surface area contributed by atoms with Crippen LogP contribution in [-0.4, -0.2) is 19.0 Å². The minimum Gasteiger partial charge on any atom is -0.377 e. The predicted molar refractivity (Wildman–Crippen MR) is 57.2 cm³/mol. The van der Waals surface area contributed by atoms with Crippen LogP contribution in [0.1, 0.15) is 33.1 Å². The molecule has 0 heterocycles. The van der Waals surface area contributed by atoms with Crippen LogP contribution in [0.2, 0.25) is 0 Å². The molecule has 1 unspecified atom stereocenters. The molecule has 0 aromatic heterocycles. The van der Waals surface area contributed by atoms with Crippen LogP contribution < -0.4 is 0 Å². The zero-order valence-corrected chi connectivity index (χ0v) is 9.17. The van der Waals surface area contributed by atoms with Gasteiger partial charge in [0.05, 0.1) is 6.10 Å². The smallest absolute Gasteiger partial charge is 0.155 e. The zero-order chi connectivity index (χ0) is 10.6. The van der Waals surface area contributed by atoms with Gasteiger partial charge in [0, 0.05) is 7.11 Å². The van der Waals surface area contributed by atoms with Crippen LogP contribution in [0.4, 0.5) is 0 Å². The van der Waals surface area contributed by atoms with Gasteiger partial charge in [-0.1, -0.05) is 19.1 Å². The Morgan fingerprint density at radius 1 is 1.50 bits per heavy atom. The van der Waals surface area contributed by atoms with E-state index in [1.807, 2.05) is 12.2 Å². The normalized spacial score (nSPS) is 18.5. The second kappa shape index (κ2) is 5.11. The first-order chi connectivity index (χ1) is 6.69. The summed E-state index contributed by atoms with van der Waals surface area (Å²) >= 11 is 0. The average molecular weight is 194 g/mol. The molecular formula is C12H18O2. The molecule has 0 aromatic rings. The molecule has 14 heavy (non-hydrogen) atoms. The van der Waals surface area contributed by atoms with Crippen LogP contribution in [-0.2, 0) is 9.53 Å². The molecule has 0 aromatic carbocycles. The summed E-state index contributed by atoms with van der Waals surface area (Å²) in [4.78, 5) is 11.1. The summed E-state index contributed by atoms with van der Waals surface area (Å²) in [5.74, 6) is 0.186. The fourth-order valence-corrected chi connectivity index (χ4v) is 1.80. The van der Waals surface area contributed by atoms with Gasteiger partial charge < -0.3 is 4.74 Å². The third-order valence-electron chi connectivity index (χ3n) is 2.70. The van der Waals surface area contributed by atoms with E-state index in [1.165, 1.54) is 5.57 Å². The highest BCUT2D eigenvalue weighted by atomic mass is 16.5. The standard InChI is InChI=1S/C12H18O2/c1-4-12(14-3)11-7-5-10(6-8-11)9(2)13/h5,7,12H,4,6,8H2,1-3H3. The van der Waals surface area contributed by atoms with E-state index >= 15 is 0 Å². The Balaban J connectivity index is 2.72. The monoisotopic (exact) mass is 194 g/mol. The molecule has 2 nitrogen and oxygen atoms in total. The number of carbonyl (C=O) groups excluding carboxylic acids is 1. The lowest BCUT2D eigenvalue weighted by Gasteiger charge is -2.20. The van der Waals surface area contributed by atoms with Crippen molar-refractivity contribution in [3.63, 3.8) is 0 Å². The summed E-state index contributed by atoms with van der Waals surface area (Å²) in [5, 5.41) is 0. The van der Waals surface area contributed by atoms with Crippen molar-refractivity contribution in [3.8, 4) is 0 Å². The van der Waals surface area contributed by atoms with E-state index in [0.29, 0.717) is 0 Å². The zero-order valence-electron chi connectivity index (χ0n) is 9.17. The second-order valence-electron chi connectivity index (χ2n) is 3.62. The van der Waals surface area contributed by atoms with Crippen LogP contribution in [0, 0.1) is 0 Å². The molecule has 0 bridgehead atoms. The summed E-state index contributed by atoms with van der Waals surface area (Å²) in [7, 11) is 1.74. The maximum absolute atomic E-state index is 11.1. The van der Waals surface area contributed by atoms with Gasteiger partial charge in [0.2, 0.25) is 0 Å². The fraction of sp³-hybridized carbons (Fsp3) is 0.583. The van der Waals surface area contributed by atoms with Crippen LogP contribution >= 0.6 is 0 Å². The first-order valence-electron chi connectivity index (χ1n) is 5.12. The first-order valence-corrected chi connectivity index (χ1v) is 5.12. The van der Waals surface area contributed by atoms with E-state index in [-0.39, 0.29) is 11.9 Å². The summed E-state index contributed by atoms with van der Waals surface area (Å²) in [5.41, 5.74) is 2.24. The van der Waals surface area contributed by atoms with Gasteiger partial charge in [-0.25, -0.2) is 0 Å². The first kappa shape index (κ1) is 11.2. The largest absolute Gasteiger partial charge is 0.377 e. The van der Waals surface area contributed by atoms with E-state index < -0.39 is 0 Å². The van der Waals surface area contributed by atoms with Gasteiger partial charge in [0.25, 0.3) is 0 Å². The van der Waals surface area contributed by atoms with Crippen molar-refractivity contribution in [1.29, 1.82) is 0 Å². The molecule has 1 aliphatic rings. The number of ketones is 1. The highest BCUT2D eigenvalue weighted by Crippen LogP contribution is 2.23. The van der Waals surface area contributed by atoms with Gasteiger partial charge in [-0.05, 0) is 37.3 Å². The van der Waals surface area contributed by atoms with Crippen molar-refractivity contribution < 1.29 is 9.53 Å². The Morgan fingerprint density at radius 3 is 2.57 bits per heavy atom. The van der Waals surface area contributed by atoms with Crippen molar-refractivity contribution in [1.82, 2.24) is 0 Å². The summed E-state index contributed by atoms with van der Waals surface area (Å²) in [6, 6.07) is 0. The van der Waals surface area contributed by atoms with Crippen molar-refractivity contribution in [2.45, 2.75) is 39.2 Å². The Bertz CT molecular complexity index is 270. The molecule has 0 saturated carbocycles. The lowest BCUT2D eigenvalue weighted by atomic mass is 9.92. The number of hydrogen-bond donors (Lipinski definition) is 0. The van der Waals surface area contributed by atoms with Crippen LogP contribution in [0.5, 0.6) is 0 Å². The number of hydrogen-bond acceptors (Lipinski definition) is 2. The number of ether oxygens (including phenoxy) is 1. The van der Waals surface area contributed by atoms with E-state index in [4.69, 9.17) is 4.74 Å². The Labute approximate surface area is 85.6 Å². The van der Waals surface area contributed by atoms with Gasteiger partial charge >= 0.3 is 0 Å². The van der Waals surface area contributed by atoms with Crippen molar-refractivity contribution in [3.05, 3.63) is 23.3 Å². The number of allylic oxidation sites excluding steroid dienone is 3. The molecule has 1 atom stereocenters. The third-order valence-corrected chi connectivity index (χ3v) is 2.70. The molecule has 2 heteroatoms. The molecule has 0 saturated heterocycles. The number of methoxy groups -OCH3 is 1. The minimum atomic E-state index is 0.186. The Morgan fingerprint density at radius 2 is 2.21 bits per heavy atom. The van der Waals surface area contributed by atoms with Crippen molar-refractivity contribution >= 4 is 5.78 Å².